The third-order valence-electron chi connectivity index (χ3n) is 4.99. The van der Waals surface area contributed by atoms with Crippen molar-refractivity contribution in [2.24, 2.45) is 4.99 Å². The largest absolute Gasteiger partial charge is 0.444 e. The number of anilines is 1. The Balaban J connectivity index is 1.39. The van der Waals surface area contributed by atoms with Gasteiger partial charge < -0.3 is 19.5 Å². The molecule has 0 aliphatic carbocycles. The Kier molecular flexibility index (Phi) is 6.22. The molecule has 0 atom stereocenters. The van der Waals surface area contributed by atoms with Gasteiger partial charge in [-0.05, 0) is 32.0 Å². The third kappa shape index (κ3) is 4.76. The number of nitrogens with one attached hydrogen (secondary N) is 1. The van der Waals surface area contributed by atoms with Gasteiger partial charge in [-0.15, -0.1) is 0 Å². The Morgan fingerprint density at radius 3 is 2.53 bits per heavy atom. The number of piperazine rings is 1. The second-order valence-electron chi connectivity index (χ2n) is 7.20. The number of nitrogens with zero attached hydrogens (tertiary/aromatic N) is 6. The van der Waals surface area contributed by atoms with E-state index in [0.29, 0.717) is 12.4 Å². The molecule has 1 saturated heterocycles. The summed E-state index contributed by atoms with van der Waals surface area (Å²) in [5.74, 6) is 2.30. The van der Waals surface area contributed by atoms with Crippen molar-refractivity contribution >= 4 is 11.9 Å². The van der Waals surface area contributed by atoms with Crippen LogP contribution in [0.2, 0.25) is 0 Å². The van der Waals surface area contributed by atoms with Gasteiger partial charge in [0.2, 0.25) is 11.8 Å². The van der Waals surface area contributed by atoms with E-state index in [4.69, 9.17) is 9.41 Å². The van der Waals surface area contributed by atoms with Gasteiger partial charge in [-0.3, -0.25) is 0 Å². The van der Waals surface area contributed by atoms with E-state index in [1.807, 2.05) is 18.2 Å². The number of benzene rings is 1. The highest BCUT2D eigenvalue weighted by atomic mass is 16.3. The standard InChI is InChI=1S/C22H27N7O/c1-3-23-21(28-11-13-29(14-12-28)22-24-9-4-10-25-22)26-15-19-16-30-20(27-19)18-7-5-17(2)6-8-18/h4-10,16H,3,11-15H2,1-2H3,(H,23,26). The highest BCUT2D eigenvalue weighted by Gasteiger charge is 2.21. The van der Waals surface area contributed by atoms with E-state index in [1.165, 1.54) is 5.56 Å². The second kappa shape index (κ2) is 9.39. The average Bonchev–Trinajstić information content (AvgIpc) is 3.27. The second-order valence-corrected chi connectivity index (χ2v) is 7.20. The molecule has 3 heterocycles. The number of guanidine groups is 1. The molecule has 0 unspecified atom stereocenters. The summed E-state index contributed by atoms with van der Waals surface area (Å²) in [7, 11) is 0. The molecule has 1 aliphatic rings. The monoisotopic (exact) mass is 405 g/mol. The molecule has 8 nitrogen and oxygen atoms in total. The lowest BCUT2D eigenvalue weighted by atomic mass is 10.1. The summed E-state index contributed by atoms with van der Waals surface area (Å²) in [4.78, 5) is 22.5. The Morgan fingerprint density at radius 1 is 1.10 bits per heavy atom. The molecular formula is C22H27N7O. The quantitative estimate of drug-likeness (QED) is 0.516. The SMILES string of the molecule is CCNC(=NCc1coc(-c2ccc(C)cc2)n1)N1CCN(c2ncccn2)CC1. The fourth-order valence-corrected chi connectivity index (χ4v) is 3.36. The van der Waals surface area contributed by atoms with Gasteiger partial charge in [0.1, 0.15) is 12.0 Å². The van der Waals surface area contributed by atoms with Crippen LogP contribution in [0, 0.1) is 6.92 Å². The highest BCUT2D eigenvalue weighted by Crippen LogP contribution is 2.19. The summed E-state index contributed by atoms with van der Waals surface area (Å²) < 4.78 is 5.66. The maximum absolute atomic E-state index is 5.66. The lowest BCUT2D eigenvalue weighted by molar-refractivity contribution is 0.370. The predicted molar refractivity (Wildman–Crippen MR) is 117 cm³/mol. The van der Waals surface area contributed by atoms with Crippen LogP contribution in [0.3, 0.4) is 0 Å². The van der Waals surface area contributed by atoms with Gasteiger partial charge in [-0.1, -0.05) is 17.7 Å². The Bertz CT molecular complexity index is 961. The number of oxazole rings is 1. The number of hydrogen-bond donors (Lipinski definition) is 1. The molecule has 3 aromatic rings. The first-order valence-corrected chi connectivity index (χ1v) is 10.3. The zero-order valence-electron chi connectivity index (χ0n) is 17.5. The van der Waals surface area contributed by atoms with Gasteiger partial charge in [-0.25, -0.2) is 19.9 Å². The van der Waals surface area contributed by atoms with Crippen LogP contribution in [0.1, 0.15) is 18.2 Å². The number of aryl methyl sites for hydroxylation is 1. The molecule has 0 spiro atoms. The van der Waals surface area contributed by atoms with Gasteiger partial charge in [0.25, 0.3) is 0 Å². The van der Waals surface area contributed by atoms with Crippen molar-refractivity contribution in [1.29, 1.82) is 0 Å². The van der Waals surface area contributed by atoms with Crippen LogP contribution in [0.4, 0.5) is 5.95 Å². The fourth-order valence-electron chi connectivity index (χ4n) is 3.36. The molecule has 0 amide bonds. The molecule has 8 heteroatoms. The summed E-state index contributed by atoms with van der Waals surface area (Å²) in [6, 6.07) is 9.99. The zero-order valence-corrected chi connectivity index (χ0v) is 17.5. The summed E-state index contributed by atoms with van der Waals surface area (Å²) in [6.07, 6.45) is 5.25. The normalized spacial score (nSPS) is 14.8. The van der Waals surface area contributed by atoms with Gasteiger partial charge >= 0.3 is 0 Å². The molecular weight excluding hydrogens is 378 g/mol. The van der Waals surface area contributed by atoms with E-state index < -0.39 is 0 Å². The van der Waals surface area contributed by atoms with Crippen LogP contribution in [-0.2, 0) is 6.54 Å². The van der Waals surface area contributed by atoms with Crippen LogP contribution >= 0.6 is 0 Å². The van der Waals surface area contributed by atoms with Crippen LogP contribution in [0.5, 0.6) is 0 Å². The van der Waals surface area contributed by atoms with Crippen LogP contribution in [-0.4, -0.2) is 58.5 Å². The van der Waals surface area contributed by atoms with Gasteiger partial charge in [0.05, 0.1) is 6.54 Å². The third-order valence-corrected chi connectivity index (χ3v) is 4.99. The lowest BCUT2D eigenvalue weighted by Crippen LogP contribution is -2.53. The molecule has 1 aromatic carbocycles. The van der Waals surface area contributed by atoms with E-state index >= 15 is 0 Å². The number of aliphatic imine (C=N–C) groups is 1. The average molecular weight is 406 g/mol. The molecule has 1 N–H and O–H groups in total. The lowest BCUT2D eigenvalue weighted by Gasteiger charge is -2.36. The molecule has 0 bridgehead atoms. The molecule has 4 rings (SSSR count). The molecule has 0 saturated carbocycles. The van der Waals surface area contributed by atoms with Crippen molar-refractivity contribution in [2.75, 3.05) is 37.6 Å². The van der Waals surface area contributed by atoms with Crippen molar-refractivity contribution in [3.8, 4) is 11.5 Å². The number of hydrogen-bond acceptors (Lipinski definition) is 6. The fraction of sp³-hybridized carbons (Fsp3) is 0.364. The molecule has 1 aliphatic heterocycles. The van der Waals surface area contributed by atoms with Gasteiger partial charge in [-0.2, -0.15) is 0 Å². The topological polar surface area (TPSA) is 82.7 Å². The van der Waals surface area contributed by atoms with Gasteiger partial charge in [0, 0.05) is 50.7 Å². The summed E-state index contributed by atoms with van der Waals surface area (Å²) in [6.45, 7) is 8.86. The first-order valence-electron chi connectivity index (χ1n) is 10.3. The summed E-state index contributed by atoms with van der Waals surface area (Å²) in [5, 5.41) is 3.39. The highest BCUT2D eigenvalue weighted by molar-refractivity contribution is 5.80. The van der Waals surface area contributed by atoms with E-state index in [2.05, 4.69) is 56.0 Å². The molecule has 1 fully saturated rings. The van der Waals surface area contributed by atoms with Crippen molar-refractivity contribution in [3.63, 3.8) is 0 Å². The summed E-state index contributed by atoms with van der Waals surface area (Å²) >= 11 is 0. The zero-order chi connectivity index (χ0) is 20.8. The van der Waals surface area contributed by atoms with E-state index in [1.54, 1.807) is 18.7 Å². The predicted octanol–water partition coefficient (Wildman–Crippen LogP) is 2.73. The minimum Gasteiger partial charge on any atom is -0.444 e. The van der Waals surface area contributed by atoms with Crippen molar-refractivity contribution in [3.05, 3.63) is 60.2 Å². The number of rotatable bonds is 5. The van der Waals surface area contributed by atoms with Crippen LogP contribution in [0.25, 0.3) is 11.5 Å². The Hall–Kier alpha value is -3.42. The molecule has 2 aromatic heterocycles. The van der Waals surface area contributed by atoms with E-state index in [-0.39, 0.29) is 0 Å². The maximum Gasteiger partial charge on any atom is 0.226 e. The Labute approximate surface area is 176 Å². The van der Waals surface area contributed by atoms with Crippen molar-refractivity contribution in [2.45, 2.75) is 20.4 Å². The number of aromatic nitrogens is 3. The van der Waals surface area contributed by atoms with E-state index in [0.717, 1.165) is 55.9 Å². The molecule has 156 valence electrons. The summed E-state index contributed by atoms with van der Waals surface area (Å²) in [5.41, 5.74) is 3.00. The van der Waals surface area contributed by atoms with Crippen LogP contribution < -0.4 is 10.2 Å². The van der Waals surface area contributed by atoms with E-state index in [9.17, 15) is 0 Å². The van der Waals surface area contributed by atoms with Crippen molar-refractivity contribution in [1.82, 2.24) is 25.2 Å². The smallest absolute Gasteiger partial charge is 0.226 e. The molecule has 0 radical (unpaired) electrons. The maximum atomic E-state index is 5.66. The first kappa shape index (κ1) is 19.9. The minimum absolute atomic E-state index is 0.472. The minimum atomic E-state index is 0.472. The Morgan fingerprint density at radius 2 is 1.83 bits per heavy atom. The van der Waals surface area contributed by atoms with Gasteiger partial charge in [0.15, 0.2) is 5.96 Å². The van der Waals surface area contributed by atoms with Crippen molar-refractivity contribution < 1.29 is 4.42 Å². The molecule has 30 heavy (non-hydrogen) atoms. The first-order chi connectivity index (χ1) is 14.7. The van der Waals surface area contributed by atoms with Crippen LogP contribution in [0.15, 0.2) is 58.4 Å².